The quantitative estimate of drug-likeness (QED) is 0.145. The van der Waals surface area contributed by atoms with Gasteiger partial charge in [-0.1, -0.05) is 127 Å². The van der Waals surface area contributed by atoms with E-state index in [1.54, 1.807) is 0 Å². The minimum atomic E-state index is 1.09. The number of fused-ring (bicyclic) bond motifs is 3. The number of aryl methyl sites for hydroxylation is 2. The fourth-order valence-electron chi connectivity index (χ4n) is 8.44. The molecule has 0 saturated carbocycles. The van der Waals surface area contributed by atoms with Crippen LogP contribution in [0.5, 0.6) is 0 Å². The van der Waals surface area contributed by atoms with Gasteiger partial charge in [-0.25, -0.2) is 0 Å². The van der Waals surface area contributed by atoms with Gasteiger partial charge in [-0.05, 0) is 144 Å². The number of aromatic nitrogens is 1. The van der Waals surface area contributed by atoms with Crippen LogP contribution in [0.1, 0.15) is 11.1 Å². The van der Waals surface area contributed by atoms with E-state index < -0.39 is 0 Å². The first kappa shape index (κ1) is 35.8. The van der Waals surface area contributed by atoms with Crippen molar-refractivity contribution in [2.45, 2.75) is 13.8 Å². The summed E-state index contributed by atoms with van der Waals surface area (Å²) in [5.74, 6) is 0. The first-order valence-electron chi connectivity index (χ1n) is 20.3. The molecule has 0 N–H and O–H groups in total. The fraction of sp³-hybridized carbons (Fsp3) is 0.0357. The van der Waals surface area contributed by atoms with Crippen LogP contribution >= 0.6 is 0 Å². The number of para-hydroxylation sites is 2. The zero-order chi connectivity index (χ0) is 39.7. The summed E-state index contributed by atoms with van der Waals surface area (Å²) >= 11 is 0. The summed E-state index contributed by atoms with van der Waals surface area (Å²) in [5.41, 5.74) is 17.4. The number of nitrogens with zero attached hydrogens (tertiary/aromatic N) is 3. The van der Waals surface area contributed by atoms with Crippen molar-refractivity contribution in [2.24, 2.45) is 0 Å². The van der Waals surface area contributed by atoms with Gasteiger partial charge in [-0.15, -0.1) is 0 Å². The molecule has 0 atom stereocenters. The van der Waals surface area contributed by atoms with Crippen LogP contribution in [0.4, 0.5) is 34.1 Å². The topological polar surface area (TPSA) is 11.4 Å². The molecule has 10 aromatic rings. The van der Waals surface area contributed by atoms with Gasteiger partial charge in [-0.2, -0.15) is 0 Å². The van der Waals surface area contributed by atoms with Crippen LogP contribution in [0.2, 0.25) is 0 Å². The molecule has 282 valence electrons. The largest absolute Gasteiger partial charge is 0.310 e. The van der Waals surface area contributed by atoms with E-state index in [9.17, 15) is 0 Å². The van der Waals surface area contributed by atoms with E-state index in [1.807, 2.05) is 0 Å². The van der Waals surface area contributed by atoms with Crippen molar-refractivity contribution in [3.8, 4) is 27.9 Å². The van der Waals surface area contributed by atoms with E-state index in [4.69, 9.17) is 0 Å². The van der Waals surface area contributed by atoms with Gasteiger partial charge in [0, 0.05) is 50.6 Å². The number of benzene rings is 9. The molecule has 3 heteroatoms. The molecule has 0 radical (unpaired) electrons. The maximum atomic E-state index is 2.41. The molecular formula is C56H43N3. The van der Waals surface area contributed by atoms with Crippen molar-refractivity contribution in [1.29, 1.82) is 0 Å². The number of hydrogen-bond acceptors (Lipinski definition) is 2. The smallest absolute Gasteiger partial charge is 0.0542 e. The highest BCUT2D eigenvalue weighted by molar-refractivity contribution is 6.10. The second kappa shape index (κ2) is 15.4. The molecule has 1 aromatic heterocycles. The first-order chi connectivity index (χ1) is 29.1. The normalized spacial score (nSPS) is 11.2. The average Bonchev–Trinajstić information content (AvgIpc) is 3.62. The molecule has 0 aliphatic heterocycles. The van der Waals surface area contributed by atoms with Gasteiger partial charge in [0.1, 0.15) is 0 Å². The van der Waals surface area contributed by atoms with Crippen molar-refractivity contribution in [1.82, 2.24) is 4.57 Å². The van der Waals surface area contributed by atoms with Gasteiger partial charge in [0.05, 0.1) is 11.0 Å². The Morgan fingerprint density at radius 1 is 0.288 bits per heavy atom. The summed E-state index contributed by atoms with van der Waals surface area (Å²) in [6, 6.07) is 81.1. The van der Waals surface area contributed by atoms with Crippen LogP contribution in [-0.4, -0.2) is 4.57 Å². The maximum absolute atomic E-state index is 2.41. The molecule has 3 nitrogen and oxygen atoms in total. The molecule has 59 heavy (non-hydrogen) atoms. The third-order valence-corrected chi connectivity index (χ3v) is 11.2. The summed E-state index contributed by atoms with van der Waals surface area (Å²) in [6.45, 7) is 4.30. The molecule has 0 aliphatic rings. The van der Waals surface area contributed by atoms with Crippen molar-refractivity contribution in [3.05, 3.63) is 236 Å². The molecule has 0 unspecified atom stereocenters. The standard InChI is InChI=1S/C56H43N3/c1-40-14-11-21-49(36-40)58(50-22-12-15-41(2)37-50)48-32-30-47(31-33-48)57(46-19-7-4-8-20-46)52-34-35-56-54(39-52)53-24-9-10-25-55(53)59(56)51-23-13-18-45(38-51)44-28-26-43(27-29-44)42-16-5-3-6-17-42/h3-39H,1-2H3. The lowest BCUT2D eigenvalue weighted by Crippen LogP contribution is -2.12. The monoisotopic (exact) mass is 757 g/mol. The summed E-state index contributed by atoms with van der Waals surface area (Å²) in [7, 11) is 0. The molecular weight excluding hydrogens is 715 g/mol. The minimum absolute atomic E-state index is 1.09. The molecule has 0 fully saturated rings. The van der Waals surface area contributed by atoms with E-state index in [0.29, 0.717) is 0 Å². The van der Waals surface area contributed by atoms with Crippen LogP contribution in [0, 0.1) is 13.8 Å². The predicted octanol–water partition coefficient (Wildman–Crippen LogP) is 15.7. The number of anilines is 6. The van der Waals surface area contributed by atoms with E-state index >= 15 is 0 Å². The maximum Gasteiger partial charge on any atom is 0.0542 e. The highest BCUT2D eigenvalue weighted by Gasteiger charge is 2.19. The van der Waals surface area contributed by atoms with E-state index in [-0.39, 0.29) is 0 Å². The Kier molecular flexibility index (Phi) is 9.32. The third-order valence-electron chi connectivity index (χ3n) is 11.2. The highest BCUT2D eigenvalue weighted by atomic mass is 15.2. The molecule has 0 bridgehead atoms. The average molecular weight is 758 g/mol. The second-order valence-corrected chi connectivity index (χ2v) is 15.2. The molecule has 0 spiro atoms. The highest BCUT2D eigenvalue weighted by Crippen LogP contribution is 2.42. The Hall–Kier alpha value is -7.62. The number of rotatable bonds is 9. The Bertz CT molecular complexity index is 3010. The first-order valence-corrected chi connectivity index (χ1v) is 20.3. The molecule has 0 aliphatic carbocycles. The summed E-state index contributed by atoms with van der Waals surface area (Å²) in [5, 5.41) is 2.43. The Morgan fingerprint density at radius 3 is 1.37 bits per heavy atom. The Labute approximate surface area is 346 Å². The van der Waals surface area contributed by atoms with Crippen LogP contribution in [0.15, 0.2) is 224 Å². The predicted molar refractivity (Wildman–Crippen MR) is 250 cm³/mol. The molecule has 10 rings (SSSR count). The zero-order valence-corrected chi connectivity index (χ0v) is 33.2. The van der Waals surface area contributed by atoms with Crippen molar-refractivity contribution in [2.75, 3.05) is 9.80 Å². The lowest BCUT2D eigenvalue weighted by Gasteiger charge is -2.28. The van der Waals surface area contributed by atoms with Crippen molar-refractivity contribution in [3.63, 3.8) is 0 Å². The van der Waals surface area contributed by atoms with Crippen LogP contribution in [0.25, 0.3) is 49.7 Å². The van der Waals surface area contributed by atoms with Gasteiger partial charge < -0.3 is 14.4 Å². The van der Waals surface area contributed by atoms with Gasteiger partial charge in [0.25, 0.3) is 0 Å². The van der Waals surface area contributed by atoms with Gasteiger partial charge in [-0.3, -0.25) is 0 Å². The lowest BCUT2D eigenvalue weighted by atomic mass is 10.00. The lowest BCUT2D eigenvalue weighted by molar-refractivity contribution is 1.18. The van der Waals surface area contributed by atoms with Crippen molar-refractivity contribution < 1.29 is 0 Å². The minimum Gasteiger partial charge on any atom is -0.310 e. The van der Waals surface area contributed by atoms with E-state index in [1.165, 1.54) is 55.2 Å². The fourth-order valence-corrected chi connectivity index (χ4v) is 8.44. The van der Waals surface area contributed by atoms with Crippen LogP contribution in [-0.2, 0) is 0 Å². The molecule has 0 amide bonds. The Morgan fingerprint density at radius 2 is 0.729 bits per heavy atom. The van der Waals surface area contributed by atoms with Crippen molar-refractivity contribution >= 4 is 55.9 Å². The van der Waals surface area contributed by atoms with Crippen LogP contribution in [0.3, 0.4) is 0 Å². The summed E-state index contributed by atoms with van der Waals surface area (Å²) in [6.07, 6.45) is 0. The number of hydrogen-bond donors (Lipinski definition) is 0. The van der Waals surface area contributed by atoms with E-state index in [2.05, 4.69) is 253 Å². The van der Waals surface area contributed by atoms with Crippen LogP contribution < -0.4 is 9.80 Å². The second-order valence-electron chi connectivity index (χ2n) is 15.2. The third kappa shape index (κ3) is 6.94. The zero-order valence-electron chi connectivity index (χ0n) is 33.2. The molecule has 1 heterocycles. The van der Waals surface area contributed by atoms with Gasteiger partial charge >= 0.3 is 0 Å². The Balaban J connectivity index is 1.05. The van der Waals surface area contributed by atoms with E-state index in [0.717, 1.165) is 39.8 Å². The van der Waals surface area contributed by atoms with Gasteiger partial charge in [0.2, 0.25) is 0 Å². The molecule has 9 aromatic carbocycles. The SMILES string of the molecule is Cc1cccc(N(c2ccc(N(c3ccccc3)c3ccc4c(c3)c3ccccc3n4-c3cccc(-c4ccc(-c5ccccc5)cc4)c3)cc2)c2cccc(C)c2)c1. The van der Waals surface area contributed by atoms with Gasteiger partial charge in [0.15, 0.2) is 0 Å². The summed E-state index contributed by atoms with van der Waals surface area (Å²) in [4.78, 5) is 4.70. The summed E-state index contributed by atoms with van der Waals surface area (Å²) < 4.78 is 2.41. The molecule has 0 saturated heterocycles.